The molecule has 0 N–H and O–H groups in total. The van der Waals surface area contributed by atoms with Crippen molar-refractivity contribution in [3.05, 3.63) is 40.9 Å². The molecule has 3 heteroatoms. The molecule has 20 heavy (non-hydrogen) atoms. The van der Waals surface area contributed by atoms with Gasteiger partial charge in [-0.2, -0.15) is 0 Å². The third-order valence-corrected chi connectivity index (χ3v) is 3.92. The van der Waals surface area contributed by atoms with Crippen LogP contribution in [0.25, 0.3) is 6.08 Å². The average molecular weight is 295 g/mol. The number of ether oxygens (including phenoxy) is 2. The zero-order valence-electron chi connectivity index (χ0n) is 12.1. The molecule has 1 aliphatic rings. The van der Waals surface area contributed by atoms with Crippen molar-refractivity contribution < 1.29 is 9.47 Å². The van der Waals surface area contributed by atoms with E-state index in [1.807, 2.05) is 36.4 Å². The van der Waals surface area contributed by atoms with Gasteiger partial charge in [-0.1, -0.05) is 62.1 Å². The average Bonchev–Trinajstić information content (AvgIpc) is 2.92. The number of hydrogen-bond acceptors (Lipinski definition) is 2. The van der Waals surface area contributed by atoms with Gasteiger partial charge in [0.15, 0.2) is 5.79 Å². The van der Waals surface area contributed by atoms with Gasteiger partial charge in [0.25, 0.3) is 0 Å². The monoisotopic (exact) mass is 294 g/mol. The van der Waals surface area contributed by atoms with Crippen molar-refractivity contribution in [2.45, 2.75) is 44.8 Å². The zero-order valence-corrected chi connectivity index (χ0v) is 12.9. The van der Waals surface area contributed by atoms with E-state index in [-0.39, 0.29) is 0 Å². The summed E-state index contributed by atoms with van der Waals surface area (Å²) in [5.74, 6) is -0.549. The van der Waals surface area contributed by atoms with Gasteiger partial charge in [-0.05, 0) is 24.1 Å². The van der Waals surface area contributed by atoms with Crippen LogP contribution in [0.1, 0.15) is 44.6 Å². The maximum Gasteiger partial charge on any atom is 0.188 e. The molecule has 1 saturated heterocycles. The Bertz CT molecular complexity index is 436. The molecule has 1 aliphatic heterocycles. The Labute approximate surface area is 126 Å². The zero-order chi connectivity index (χ0) is 14.3. The highest BCUT2D eigenvalue weighted by atomic mass is 35.5. The minimum atomic E-state index is -0.549. The van der Waals surface area contributed by atoms with Crippen molar-refractivity contribution in [3.63, 3.8) is 0 Å². The molecule has 0 aromatic heterocycles. The van der Waals surface area contributed by atoms with Crippen molar-refractivity contribution in [2.75, 3.05) is 13.2 Å². The fraction of sp³-hybridized carbons (Fsp3) is 0.529. The van der Waals surface area contributed by atoms with Gasteiger partial charge in [0, 0.05) is 11.4 Å². The normalized spacial score (nSPS) is 17.9. The van der Waals surface area contributed by atoms with E-state index in [9.17, 15) is 0 Å². The van der Waals surface area contributed by atoms with Crippen LogP contribution in [0.5, 0.6) is 0 Å². The quantitative estimate of drug-likeness (QED) is 0.654. The summed E-state index contributed by atoms with van der Waals surface area (Å²) in [5, 5.41) is 0.753. The van der Waals surface area contributed by atoms with Crippen LogP contribution >= 0.6 is 11.6 Å². The molecule has 1 heterocycles. The van der Waals surface area contributed by atoms with Gasteiger partial charge < -0.3 is 9.47 Å². The minimum Gasteiger partial charge on any atom is -0.344 e. The number of unbranched alkanes of at least 4 members (excludes halogenated alkanes) is 3. The molecule has 1 aromatic carbocycles. The minimum absolute atomic E-state index is 0.549. The molecule has 2 rings (SSSR count). The summed E-state index contributed by atoms with van der Waals surface area (Å²) >= 11 is 6.17. The van der Waals surface area contributed by atoms with E-state index in [2.05, 4.69) is 6.92 Å². The highest BCUT2D eigenvalue weighted by molar-refractivity contribution is 6.32. The molecule has 110 valence electrons. The van der Waals surface area contributed by atoms with Crippen LogP contribution in [-0.4, -0.2) is 19.0 Å². The Morgan fingerprint density at radius 2 is 1.90 bits per heavy atom. The lowest BCUT2D eigenvalue weighted by Gasteiger charge is -2.23. The summed E-state index contributed by atoms with van der Waals surface area (Å²) in [6.45, 7) is 3.55. The van der Waals surface area contributed by atoms with Gasteiger partial charge in [0.05, 0.1) is 13.2 Å². The van der Waals surface area contributed by atoms with E-state index in [0.717, 1.165) is 23.4 Å². The number of benzene rings is 1. The first-order valence-electron chi connectivity index (χ1n) is 7.47. The van der Waals surface area contributed by atoms with E-state index in [0.29, 0.717) is 13.2 Å². The molecule has 0 radical (unpaired) electrons. The largest absolute Gasteiger partial charge is 0.344 e. The third kappa shape index (κ3) is 4.34. The van der Waals surface area contributed by atoms with Gasteiger partial charge in [0.2, 0.25) is 0 Å². The first-order valence-corrected chi connectivity index (χ1v) is 7.85. The van der Waals surface area contributed by atoms with Gasteiger partial charge in [-0.3, -0.25) is 0 Å². The van der Waals surface area contributed by atoms with Crippen LogP contribution in [0.15, 0.2) is 30.3 Å². The molecule has 0 unspecified atom stereocenters. The predicted molar refractivity (Wildman–Crippen MR) is 83.9 cm³/mol. The fourth-order valence-electron chi connectivity index (χ4n) is 2.42. The lowest BCUT2D eigenvalue weighted by atomic mass is 10.0. The van der Waals surface area contributed by atoms with Crippen LogP contribution in [0.3, 0.4) is 0 Å². The summed E-state index contributed by atoms with van der Waals surface area (Å²) in [4.78, 5) is 0. The van der Waals surface area contributed by atoms with E-state index in [1.165, 1.54) is 19.3 Å². The van der Waals surface area contributed by atoms with E-state index in [4.69, 9.17) is 21.1 Å². The molecule has 0 saturated carbocycles. The highest BCUT2D eigenvalue weighted by Gasteiger charge is 2.32. The van der Waals surface area contributed by atoms with Crippen LogP contribution < -0.4 is 0 Å². The molecular formula is C17H23ClO2. The van der Waals surface area contributed by atoms with Gasteiger partial charge >= 0.3 is 0 Å². The van der Waals surface area contributed by atoms with Crippen LogP contribution in [0.2, 0.25) is 5.02 Å². The van der Waals surface area contributed by atoms with Crippen LogP contribution in [-0.2, 0) is 9.47 Å². The number of rotatable bonds is 7. The molecule has 0 aliphatic carbocycles. The lowest BCUT2D eigenvalue weighted by Crippen LogP contribution is -2.27. The Hall–Kier alpha value is -0.830. The highest BCUT2D eigenvalue weighted by Crippen LogP contribution is 2.29. The van der Waals surface area contributed by atoms with E-state index in [1.54, 1.807) is 0 Å². The number of hydrogen-bond donors (Lipinski definition) is 0. The second-order valence-electron chi connectivity index (χ2n) is 5.17. The smallest absolute Gasteiger partial charge is 0.188 e. The van der Waals surface area contributed by atoms with Crippen molar-refractivity contribution in [1.29, 1.82) is 0 Å². The fourth-order valence-corrected chi connectivity index (χ4v) is 2.62. The van der Waals surface area contributed by atoms with Crippen molar-refractivity contribution in [2.24, 2.45) is 0 Å². The summed E-state index contributed by atoms with van der Waals surface area (Å²) in [7, 11) is 0. The van der Waals surface area contributed by atoms with Crippen LogP contribution in [0, 0.1) is 0 Å². The first-order chi connectivity index (χ1) is 9.76. The maximum absolute atomic E-state index is 6.17. The van der Waals surface area contributed by atoms with Gasteiger partial charge in [0.1, 0.15) is 0 Å². The van der Waals surface area contributed by atoms with Crippen molar-refractivity contribution >= 4 is 17.7 Å². The molecule has 0 amide bonds. The Morgan fingerprint density at radius 3 is 2.60 bits per heavy atom. The lowest BCUT2D eigenvalue weighted by molar-refractivity contribution is -0.121. The number of halogens is 1. The summed E-state index contributed by atoms with van der Waals surface area (Å²) < 4.78 is 11.7. The summed E-state index contributed by atoms with van der Waals surface area (Å²) in [5.41, 5.74) is 1.00. The maximum atomic E-state index is 6.17. The SMILES string of the molecule is CCCCCCC1(/C=C\c2ccccc2Cl)OCCO1. The second kappa shape index (κ2) is 7.82. The second-order valence-corrected chi connectivity index (χ2v) is 5.58. The van der Waals surface area contributed by atoms with Gasteiger partial charge in [-0.15, -0.1) is 0 Å². The van der Waals surface area contributed by atoms with Crippen LogP contribution in [0.4, 0.5) is 0 Å². The van der Waals surface area contributed by atoms with Gasteiger partial charge in [-0.25, -0.2) is 0 Å². The summed E-state index contributed by atoms with van der Waals surface area (Å²) in [6.07, 6.45) is 9.80. The first kappa shape index (κ1) is 15.6. The van der Waals surface area contributed by atoms with E-state index < -0.39 is 5.79 Å². The van der Waals surface area contributed by atoms with E-state index >= 15 is 0 Å². The Kier molecular flexibility index (Phi) is 6.08. The molecule has 2 nitrogen and oxygen atoms in total. The molecule has 0 bridgehead atoms. The molecule has 1 aromatic rings. The Balaban J connectivity index is 1.99. The summed E-state index contributed by atoms with van der Waals surface area (Å²) in [6, 6.07) is 7.81. The standard InChI is InChI=1S/C17H23ClO2/c1-2-3-4-7-11-17(19-13-14-20-17)12-10-15-8-5-6-9-16(15)18/h5-6,8-10,12H,2-4,7,11,13-14H2,1H3/b12-10-. The Morgan fingerprint density at radius 1 is 1.15 bits per heavy atom. The molecule has 0 atom stereocenters. The third-order valence-electron chi connectivity index (χ3n) is 3.58. The van der Waals surface area contributed by atoms with Crippen molar-refractivity contribution in [3.8, 4) is 0 Å². The molecule has 1 fully saturated rings. The predicted octanol–water partition coefficient (Wildman–Crippen LogP) is 5.07. The molecule has 0 spiro atoms. The molecular weight excluding hydrogens is 272 g/mol. The van der Waals surface area contributed by atoms with Crippen molar-refractivity contribution in [1.82, 2.24) is 0 Å². The topological polar surface area (TPSA) is 18.5 Å².